The molecule has 0 aliphatic rings. The minimum absolute atomic E-state index is 0.103. The van der Waals surface area contributed by atoms with E-state index in [1.165, 1.54) is 15.8 Å². The number of benzene rings is 1. The van der Waals surface area contributed by atoms with Gasteiger partial charge in [0, 0.05) is 27.9 Å². The van der Waals surface area contributed by atoms with E-state index in [1.807, 2.05) is 6.07 Å². The zero-order valence-corrected chi connectivity index (χ0v) is 12.4. The zero-order chi connectivity index (χ0) is 14.5. The number of nitrogens with zero attached hydrogens (tertiary/aromatic N) is 1. The molecule has 0 saturated carbocycles. The zero-order valence-electron chi connectivity index (χ0n) is 11.6. The number of nitriles is 1. The third-order valence-electron chi connectivity index (χ3n) is 3.14. The van der Waals surface area contributed by atoms with E-state index in [0.717, 1.165) is 6.42 Å². The molecule has 2 rings (SSSR count). The second-order valence-electron chi connectivity index (χ2n) is 4.89. The van der Waals surface area contributed by atoms with Gasteiger partial charge in [0.25, 0.3) is 0 Å². The summed E-state index contributed by atoms with van der Waals surface area (Å²) in [6, 6.07) is 11.3. The Morgan fingerprint density at radius 1 is 1.35 bits per heavy atom. The van der Waals surface area contributed by atoms with Crippen LogP contribution in [0.5, 0.6) is 0 Å². The third-order valence-corrected chi connectivity index (χ3v) is 4.17. The second kappa shape index (κ2) is 6.65. The lowest BCUT2D eigenvalue weighted by Crippen LogP contribution is -2.27. The summed E-state index contributed by atoms with van der Waals surface area (Å²) >= 11 is 1.79. The van der Waals surface area contributed by atoms with Crippen LogP contribution < -0.4 is 5.32 Å². The summed E-state index contributed by atoms with van der Waals surface area (Å²) in [6.07, 6.45) is 0.929. The van der Waals surface area contributed by atoms with Gasteiger partial charge in [-0.1, -0.05) is 12.1 Å². The summed E-state index contributed by atoms with van der Waals surface area (Å²) in [5.41, 5.74) is 0.643. The summed E-state index contributed by atoms with van der Waals surface area (Å²) in [6.45, 7) is 4.61. The van der Waals surface area contributed by atoms with E-state index < -0.39 is 5.82 Å². The minimum Gasteiger partial charge on any atom is -0.310 e. The largest absolute Gasteiger partial charge is 0.310 e. The number of hydrogen-bond acceptors (Lipinski definition) is 3. The van der Waals surface area contributed by atoms with Crippen LogP contribution in [0.1, 0.15) is 27.8 Å². The molecule has 0 spiro atoms. The number of nitrogens with one attached hydrogen (secondary N) is 1. The van der Waals surface area contributed by atoms with Crippen molar-refractivity contribution >= 4 is 11.3 Å². The van der Waals surface area contributed by atoms with Crippen LogP contribution >= 0.6 is 11.3 Å². The fraction of sp³-hybridized carbons (Fsp3) is 0.312. The topological polar surface area (TPSA) is 35.8 Å². The first-order chi connectivity index (χ1) is 9.60. The lowest BCUT2D eigenvalue weighted by atomic mass is 10.1. The third kappa shape index (κ3) is 3.66. The molecule has 1 aromatic carbocycles. The van der Waals surface area contributed by atoms with Crippen molar-refractivity contribution in [1.82, 2.24) is 5.32 Å². The van der Waals surface area contributed by atoms with E-state index in [0.29, 0.717) is 12.1 Å². The SMILES string of the molecule is Cc1ccc(CC(C)NCc2cccc(C#N)c2F)s1. The van der Waals surface area contributed by atoms with Crippen molar-refractivity contribution in [1.29, 1.82) is 5.26 Å². The predicted molar refractivity (Wildman–Crippen MR) is 80.2 cm³/mol. The first-order valence-corrected chi connectivity index (χ1v) is 7.38. The van der Waals surface area contributed by atoms with Gasteiger partial charge in [-0.15, -0.1) is 11.3 Å². The van der Waals surface area contributed by atoms with Crippen molar-refractivity contribution in [2.24, 2.45) is 0 Å². The maximum Gasteiger partial charge on any atom is 0.145 e. The first kappa shape index (κ1) is 14.7. The molecule has 1 unspecified atom stereocenters. The van der Waals surface area contributed by atoms with Crippen molar-refractivity contribution in [3.63, 3.8) is 0 Å². The van der Waals surface area contributed by atoms with Gasteiger partial charge in [-0.25, -0.2) is 4.39 Å². The number of aryl methyl sites for hydroxylation is 1. The van der Waals surface area contributed by atoms with Crippen LogP contribution in [0.25, 0.3) is 0 Å². The molecule has 2 aromatic rings. The smallest absolute Gasteiger partial charge is 0.145 e. The van der Waals surface area contributed by atoms with E-state index in [2.05, 4.69) is 31.3 Å². The van der Waals surface area contributed by atoms with Crippen molar-refractivity contribution in [2.45, 2.75) is 32.9 Å². The summed E-state index contributed by atoms with van der Waals surface area (Å²) in [7, 11) is 0. The van der Waals surface area contributed by atoms with Crippen LogP contribution in [-0.2, 0) is 13.0 Å². The lowest BCUT2D eigenvalue weighted by Gasteiger charge is -2.13. The van der Waals surface area contributed by atoms with E-state index in [1.54, 1.807) is 23.5 Å². The molecule has 20 heavy (non-hydrogen) atoms. The summed E-state index contributed by atoms with van der Waals surface area (Å²) in [5, 5.41) is 12.1. The Bertz CT molecular complexity index is 628. The predicted octanol–water partition coefficient (Wildman–Crippen LogP) is 3.79. The molecule has 2 nitrogen and oxygen atoms in total. The Morgan fingerprint density at radius 3 is 2.80 bits per heavy atom. The van der Waals surface area contributed by atoms with Crippen molar-refractivity contribution < 1.29 is 4.39 Å². The maximum atomic E-state index is 13.9. The number of hydrogen-bond donors (Lipinski definition) is 1. The van der Waals surface area contributed by atoms with Gasteiger partial charge in [-0.05, 0) is 38.5 Å². The highest BCUT2D eigenvalue weighted by Gasteiger charge is 2.09. The Hall–Kier alpha value is -1.70. The van der Waals surface area contributed by atoms with Crippen molar-refractivity contribution in [3.8, 4) is 6.07 Å². The molecule has 0 fully saturated rings. The molecule has 1 N–H and O–H groups in total. The average molecular weight is 288 g/mol. The van der Waals surface area contributed by atoms with Crippen LogP contribution in [0.4, 0.5) is 4.39 Å². The van der Waals surface area contributed by atoms with E-state index in [-0.39, 0.29) is 11.6 Å². The molecule has 1 heterocycles. The van der Waals surface area contributed by atoms with Crippen LogP contribution in [0.15, 0.2) is 30.3 Å². The van der Waals surface area contributed by atoms with Crippen LogP contribution in [-0.4, -0.2) is 6.04 Å². The van der Waals surface area contributed by atoms with Crippen molar-refractivity contribution in [2.75, 3.05) is 0 Å². The Labute approximate surface area is 122 Å². The minimum atomic E-state index is -0.415. The normalized spacial score (nSPS) is 12.1. The monoisotopic (exact) mass is 288 g/mol. The number of thiophene rings is 1. The van der Waals surface area contributed by atoms with Gasteiger partial charge in [-0.3, -0.25) is 0 Å². The molecule has 0 aliphatic heterocycles. The van der Waals surface area contributed by atoms with E-state index >= 15 is 0 Å². The molecule has 104 valence electrons. The molecular formula is C16H17FN2S. The average Bonchev–Trinajstić information content (AvgIpc) is 2.83. The summed E-state index contributed by atoms with van der Waals surface area (Å²) in [5.74, 6) is -0.415. The Kier molecular flexibility index (Phi) is 4.89. The lowest BCUT2D eigenvalue weighted by molar-refractivity contribution is 0.527. The van der Waals surface area contributed by atoms with Gasteiger partial charge in [0.05, 0.1) is 5.56 Å². The molecule has 0 radical (unpaired) electrons. The molecule has 0 saturated heterocycles. The van der Waals surface area contributed by atoms with Gasteiger partial charge in [0.2, 0.25) is 0 Å². The highest BCUT2D eigenvalue weighted by atomic mass is 32.1. The summed E-state index contributed by atoms with van der Waals surface area (Å²) in [4.78, 5) is 2.63. The van der Waals surface area contributed by atoms with E-state index in [9.17, 15) is 4.39 Å². The van der Waals surface area contributed by atoms with Crippen molar-refractivity contribution in [3.05, 3.63) is 57.0 Å². The first-order valence-electron chi connectivity index (χ1n) is 6.56. The fourth-order valence-corrected chi connectivity index (χ4v) is 3.07. The molecular weight excluding hydrogens is 271 g/mol. The molecule has 0 bridgehead atoms. The standard InChI is InChI=1S/C16H17FN2S/c1-11(8-15-7-6-12(2)20-15)19-10-14-5-3-4-13(9-18)16(14)17/h3-7,11,19H,8,10H2,1-2H3. The Balaban J connectivity index is 1.93. The highest BCUT2D eigenvalue weighted by Crippen LogP contribution is 2.17. The number of rotatable bonds is 5. The molecule has 1 aromatic heterocycles. The Morgan fingerprint density at radius 2 is 2.15 bits per heavy atom. The van der Waals surface area contributed by atoms with Gasteiger partial charge in [-0.2, -0.15) is 5.26 Å². The fourth-order valence-electron chi connectivity index (χ4n) is 2.06. The molecule has 4 heteroatoms. The summed E-state index contributed by atoms with van der Waals surface area (Å²) < 4.78 is 13.9. The van der Waals surface area contributed by atoms with Gasteiger partial charge < -0.3 is 5.32 Å². The highest BCUT2D eigenvalue weighted by molar-refractivity contribution is 7.11. The van der Waals surface area contributed by atoms with Gasteiger partial charge >= 0.3 is 0 Å². The quantitative estimate of drug-likeness (QED) is 0.908. The van der Waals surface area contributed by atoms with Gasteiger partial charge in [0.1, 0.15) is 11.9 Å². The van der Waals surface area contributed by atoms with Crippen LogP contribution in [0.3, 0.4) is 0 Å². The maximum absolute atomic E-state index is 13.9. The van der Waals surface area contributed by atoms with Crippen LogP contribution in [0, 0.1) is 24.1 Å². The van der Waals surface area contributed by atoms with Crippen LogP contribution in [0.2, 0.25) is 0 Å². The van der Waals surface area contributed by atoms with E-state index in [4.69, 9.17) is 5.26 Å². The number of halogens is 1. The molecule has 0 amide bonds. The molecule has 1 atom stereocenters. The van der Waals surface area contributed by atoms with Gasteiger partial charge in [0.15, 0.2) is 0 Å². The second-order valence-corrected chi connectivity index (χ2v) is 6.26. The molecule has 0 aliphatic carbocycles.